The number of rotatable bonds is 4. The lowest BCUT2D eigenvalue weighted by molar-refractivity contribution is 0.582. The Morgan fingerprint density at radius 1 is 1.10 bits per heavy atom. The zero-order valence-electron chi connectivity index (χ0n) is 12.0. The minimum Gasteiger partial charge on any atom is -0.313 e. The number of likely N-dealkylation sites (N-methyl/N-ethyl adjacent to an activating group) is 1. The van der Waals surface area contributed by atoms with Gasteiger partial charge >= 0.3 is 0 Å². The predicted octanol–water partition coefficient (Wildman–Crippen LogP) is 4.71. The lowest BCUT2D eigenvalue weighted by Gasteiger charge is -2.19. The highest BCUT2D eigenvalue weighted by Gasteiger charge is 2.13. The van der Waals surface area contributed by atoms with Gasteiger partial charge in [-0.15, -0.1) is 0 Å². The van der Waals surface area contributed by atoms with Crippen LogP contribution in [0.15, 0.2) is 40.9 Å². The molecule has 0 aromatic heterocycles. The molecule has 0 saturated heterocycles. The summed E-state index contributed by atoms with van der Waals surface area (Å²) in [5, 5.41) is 3.32. The molecule has 2 aromatic carbocycles. The molecule has 0 amide bonds. The Kier molecular flexibility index (Phi) is 4.95. The van der Waals surface area contributed by atoms with E-state index in [-0.39, 0.29) is 11.9 Å². The van der Waals surface area contributed by atoms with Gasteiger partial charge in [-0.25, -0.2) is 4.39 Å². The van der Waals surface area contributed by atoms with Crippen molar-refractivity contribution in [1.29, 1.82) is 0 Å². The van der Waals surface area contributed by atoms with Crippen LogP contribution >= 0.6 is 15.9 Å². The summed E-state index contributed by atoms with van der Waals surface area (Å²) in [6, 6.07) is 11.5. The highest BCUT2D eigenvalue weighted by molar-refractivity contribution is 9.10. The second kappa shape index (κ2) is 6.51. The second-order valence-electron chi connectivity index (χ2n) is 5.12. The van der Waals surface area contributed by atoms with Crippen molar-refractivity contribution < 1.29 is 4.39 Å². The van der Waals surface area contributed by atoms with Crippen LogP contribution in [0.25, 0.3) is 0 Å². The van der Waals surface area contributed by atoms with E-state index in [2.05, 4.69) is 46.4 Å². The Balaban J connectivity index is 2.28. The molecule has 2 aromatic rings. The fraction of sp³-hybridized carbons (Fsp3) is 0.294. The minimum absolute atomic E-state index is 0.174. The fourth-order valence-corrected chi connectivity index (χ4v) is 2.69. The van der Waals surface area contributed by atoms with E-state index in [0.717, 1.165) is 22.0 Å². The van der Waals surface area contributed by atoms with E-state index in [1.807, 2.05) is 20.0 Å². The first-order valence-corrected chi connectivity index (χ1v) is 7.49. The number of benzene rings is 2. The molecular weight excluding hydrogens is 317 g/mol. The molecule has 0 fully saturated rings. The van der Waals surface area contributed by atoms with Crippen molar-refractivity contribution in [2.45, 2.75) is 26.3 Å². The van der Waals surface area contributed by atoms with Crippen LogP contribution in [0, 0.1) is 19.7 Å². The van der Waals surface area contributed by atoms with Crippen molar-refractivity contribution >= 4 is 15.9 Å². The molecule has 20 heavy (non-hydrogen) atoms. The van der Waals surface area contributed by atoms with Crippen molar-refractivity contribution in [3.05, 3.63) is 68.9 Å². The average Bonchev–Trinajstić information content (AvgIpc) is 2.43. The van der Waals surface area contributed by atoms with E-state index in [1.165, 1.54) is 17.2 Å². The van der Waals surface area contributed by atoms with Crippen LogP contribution in [-0.4, -0.2) is 7.05 Å². The molecule has 1 N–H and O–H groups in total. The van der Waals surface area contributed by atoms with E-state index >= 15 is 0 Å². The molecule has 106 valence electrons. The third-order valence-electron chi connectivity index (χ3n) is 3.68. The summed E-state index contributed by atoms with van der Waals surface area (Å²) in [5.74, 6) is -0.175. The molecule has 0 saturated carbocycles. The van der Waals surface area contributed by atoms with Crippen molar-refractivity contribution in [2.75, 3.05) is 7.05 Å². The summed E-state index contributed by atoms with van der Waals surface area (Å²) in [7, 11) is 1.94. The molecule has 0 aliphatic heterocycles. The monoisotopic (exact) mass is 335 g/mol. The predicted molar refractivity (Wildman–Crippen MR) is 85.5 cm³/mol. The standard InChI is InChI=1S/C17H19BrFN/c1-11-5-7-15(19)8-14(11)10-17(20-3)13-6-4-12(2)16(18)9-13/h4-9,17,20H,10H2,1-3H3. The van der Waals surface area contributed by atoms with Gasteiger partial charge in [-0.3, -0.25) is 0 Å². The first kappa shape index (κ1) is 15.2. The Hall–Kier alpha value is -1.19. The van der Waals surface area contributed by atoms with Gasteiger partial charge in [0, 0.05) is 10.5 Å². The molecule has 0 spiro atoms. The molecule has 0 heterocycles. The van der Waals surface area contributed by atoms with Crippen LogP contribution in [0.2, 0.25) is 0 Å². The first-order valence-electron chi connectivity index (χ1n) is 6.69. The molecule has 1 nitrogen and oxygen atoms in total. The maximum Gasteiger partial charge on any atom is 0.123 e. The quantitative estimate of drug-likeness (QED) is 0.853. The Morgan fingerprint density at radius 2 is 1.80 bits per heavy atom. The van der Waals surface area contributed by atoms with E-state index in [0.29, 0.717) is 0 Å². The Morgan fingerprint density at radius 3 is 2.45 bits per heavy atom. The van der Waals surface area contributed by atoms with Gasteiger partial charge in [-0.2, -0.15) is 0 Å². The number of aryl methyl sites for hydroxylation is 2. The highest BCUT2D eigenvalue weighted by Crippen LogP contribution is 2.25. The van der Waals surface area contributed by atoms with Crippen LogP contribution < -0.4 is 5.32 Å². The topological polar surface area (TPSA) is 12.0 Å². The van der Waals surface area contributed by atoms with Gasteiger partial charge < -0.3 is 5.32 Å². The zero-order chi connectivity index (χ0) is 14.7. The Labute approximate surface area is 128 Å². The maximum atomic E-state index is 13.4. The molecule has 0 bridgehead atoms. The Bertz CT molecular complexity index is 610. The zero-order valence-corrected chi connectivity index (χ0v) is 13.6. The van der Waals surface area contributed by atoms with Crippen molar-refractivity contribution in [3.63, 3.8) is 0 Å². The van der Waals surface area contributed by atoms with Gasteiger partial charge in [0.1, 0.15) is 5.82 Å². The van der Waals surface area contributed by atoms with Gasteiger partial charge in [0.25, 0.3) is 0 Å². The molecule has 1 unspecified atom stereocenters. The molecule has 0 aliphatic carbocycles. The number of hydrogen-bond donors (Lipinski definition) is 1. The maximum absolute atomic E-state index is 13.4. The van der Waals surface area contributed by atoms with Crippen LogP contribution in [0.4, 0.5) is 4.39 Å². The molecule has 2 rings (SSSR count). The van der Waals surface area contributed by atoms with E-state index in [1.54, 1.807) is 6.07 Å². The van der Waals surface area contributed by atoms with Crippen molar-refractivity contribution in [3.8, 4) is 0 Å². The summed E-state index contributed by atoms with van der Waals surface area (Å²) < 4.78 is 14.5. The van der Waals surface area contributed by atoms with E-state index in [9.17, 15) is 4.39 Å². The van der Waals surface area contributed by atoms with Crippen LogP contribution in [0.5, 0.6) is 0 Å². The summed E-state index contributed by atoms with van der Waals surface area (Å²) in [4.78, 5) is 0. The summed E-state index contributed by atoms with van der Waals surface area (Å²) >= 11 is 3.57. The fourth-order valence-electron chi connectivity index (χ4n) is 2.29. The summed E-state index contributed by atoms with van der Waals surface area (Å²) in [6.45, 7) is 4.09. The van der Waals surface area contributed by atoms with E-state index in [4.69, 9.17) is 0 Å². The molecule has 1 atom stereocenters. The molecule has 0 radical (unpaired) electrons. The lowest BCUT2D eigenvalue weighted by Crippen LogP contribution is -2.19. The minimum atomic E-state index is -0.175. The van der Waals surface area contributed by atoms with Crippen molar-refractivity contribution in [2.24, 2.45) is 0 Å². The van der Waals surface area contributed by atoms with Gasteiger partial charge in [0.2, 0.25) is 0 Å². The second-order valence-corrected chi connectivity index (χ2v) is 5.98. The number of hydrogen-bond acceptors (Lipinski definition) is 1. The molecular formula is C17H19BrFN. The summed E-state index contributed by atoms with van der Waals surface area (Å²) in [6.07, 6.45) is 0.773. The van der Waals surface area contributed by atoms with Crippen molar-refractivity contribution in [1.82, 2.24) is 5.32 Å². The third-order valence-corrected chi connectivity index (χ3v) is 4.54. The molecule has 0 aliphatic rings. The SMILES string of the molecule is CNC(Cc1cc(F)ccc1C)c1ccc(C)c(Br)c1. The van der Waals surface area contributed by atoms with Crippen LogP contribution in [0.3, 0.4) is 0 Å². The van der Waals surface area contributed by atoms with Gasteiger partial charge in [0.05, 0.1) is 0 Å². The van der Waals surface area contributed by atoms with Crippen LogP contribution in [-0.2, 0) is 6.42 Å². The normalized spacial score (nSPS) is 12.4. The number of halogens is 2. The number of nitrogens with one attached hydrogen (secondary N) is 1. The van der Waals surface area contributed by atoms with Gasteiger partial charge in [-0.1, -0.05) is 34.1 Å². The largest absolute Gasteiger partial charge is 0.313 e. The van der Waals surface area contributed by atoms with E-state index < -0.39 is 0 Å². The highest BCUT2D eigenvalue weighted by atomic mass is 79.9. The lowest BCUT2D eigenvalue weighted by atomic mass is 9.95. The molecule has 3 heteroatoms. The smallest absolute Gasteiger partial charge is 0.123 e. The van der Waals surface area contributed by atoms with Gasteiger partial charge in [0.15, 0.2) is 0 Å². The third kappa shape index (κ3) is 3.47. The summed E-state index contributed by atoms with van der Waals surface area (Å²) in [5.41, 5.74) is 4.58. The van der Waals surface area contributed by atoms with Crippen LogP contribution in [0.1, 0.15) is 28.3 Å². The average molecular weight is 336 g/mol. The van der Waals surface area contributed by atoms with Gasteiger partial charge in [-0.05, 0) is 67.8 Å². The first-order chi connectivity index (χ1) is 9.51.